The zero-order chi connectivity index (χ0) is 13.8. The predicted molar refractivity (Wildman–Crippen MR) is 70.8 cm³/mol. The van der Waals surface area contributed by atoms with Crippen LogP contribution in [0.4, 0.5) is 0 Å². The average molecular weight is 258 g/mol. The molecule has 0 spiro atoms. The lowest BCUT2D eigenvalue weighted by Crippen LogP contribution is -2.55. The molecule has 1 aliphatic heterocycles. The largest absolute Gasteiger partial charge is 0.480 e. The first-order valence-electron chi connectivity index (χ1n) is 6.73. The summed E-state index contributed by atoms with van der Waals surface area (Å²) >= 11 is 0. The van der Waals surface area contributed by atoms with E-state index in [4.69, 9.17) is 4.74 Å². The van der Waals surface area contributed by atoms with Gasteiger partial charge in [-0.1, -0.05) is 6.92 Å². The summed E-state index contributed by atoms with van der Waals surface area (Å²) < 4.78 is 5.51. The quantitative estimate of drug-likeness (QED) is 0.742. The Hall–Kier alpha value is -0.650. The fourth-order valence-electron chi connectivity index (χ4n) is 2.59. The summed E-state index contributed by atoms with van der Waals surface area (Å²) in [5.74, 6) is -0.780. The third-order valence-electron chi connectivity index (χ3n) is 3.64. The topological polar surface area (TPSA) is 61.8 Å². The lowest BCUT2D eigenvalue weighted by atomic mass is 9.92. The van der Waals surface area contributed by atoms with Gasteiger partial charge in [-0.25, -0.2) is 0 Å². The lowest BCUT2D eigenvalue weighted by molar-refractivity contribution is -0.145. The van der Waals surface area contributed by atoms with Crippen molar-refractivity contribution in [2.24, 2.45) is 0 Å². The highest BCUT2D eigenvalue weighted by molar-refractivity contribution is 5.78. The van der Waals surface area contributed by atoms with Gasteiger partial charge in [-0.2, -0.15) is 0 Å². The first-order valence-corrected chi connectivity index (χ1v) is 6.73. The zero-order valence-electron chi connectivity index (χ0n) is 11.9. The van der Waals surface area contributed by atoms with Crippen molar-refractivity contribution < 1.29 is 14.6 Å². The molecule has 1 fully saturated rings. The molecule has 106 valence electrons. The summed E-state index contributed by atoms with van der Waals surface area (Å²) in [6, 6.07) is 0.233. The molecule has 0 bridgehead atoms. The van der Waals surface area contributed by atoms with Crippen molar-refractivity contribution in [2.75, 3.05) is 26.2 Å². The Balaban J connectivity index is 2.60. The van der Waals surface area contributed by atoms with E-state index in [2.05, 4.69) is 24.1 Å². The molecule has 0 saturated carbocycles. The number of hydrogen-bond donors (Lipinski definition) is 2. The van der Waals surface area contributed by atoms with Gasteiger partial charge in [-0.05, 0) is 33.7 Å². The molecule has 18 heavy (non-hydrogen) atoms. The molecule has 0 aromatic rings. The van der Waals surface area contributed by atoms with E-state index in [1.165, 1.54) is 0 Å². The number of hydrogen-bond acceptors (Lipinski definition) is 4. The monoisotopic (exact) mass is 258 g/mol. The maximum Gasteiger partial charge on any atom is 0.323 e. The lowest BCUT2D eigenvalue weighted by Gasteiger charge is -2.39. The molecule has 1 aliphatic rings. The van der Waals surface area contributed by atoms with Crippen molar-refractivity contribution in [2.45, 2.75) is 51.8 Å². The Morgan fingerprint density at radius 2 is 2.33 bits per heavy atom. The predicted octanol–water partition coefficient (Wildman–Crippen LogP) is 0.939. The van der Waals surface area contributed by atoms with E-state index in [1.807, 2.05) is 6.92 Å². The van der Waals surface area contributed by atoms with Gasteiger partial charge in [0.25, 0.3) is 0 Å². The van der Waals surface area contributed by atoms with Gasteiger partial charge in [0.05, 0.1) is 12.7 Å². The summed E-state index contributed by atoms with van der Waals surface area (Å²) in [6.07, 6.45) is 0.833. The minimum atomic E-state index is -0.851. The number of ether oxygens (including phenoxy) is 1. The van der Waals surface area contributed by atoms with Crippen LogP contribution in [0.2, 0.25) is 0 Å². The molecule has 1 saturated heterocycles. The van der Waals surface area contributed by atoms with E-state index in [-0.39, 0.29) is 12.1 Å². The normalized spacial score (nSPS) is 26.6. The van der Waals surface area contributed by atoms with Crippen LogP contribution in [0.15, 0.2) is 0 Å². The third kappa shape index (κ3) is 3.93. The summed E-state index contributed by atoms with van der Waals surface area (Å²) in [7, 11) is 0. The number of likely N-dealkylation sites (N-methyl/N-ethyl adjacent to an activating group) is 1. The van der Waals surface area contributed by atoms with Crippen LogP contribution >= 0.6 is 0 Å². The maximum atomic E-state index is 11.4. The van der Waals surface area contributed by atoms with E-state index in [9.17, 15) is 9.90 Å². The number of nitrogens with one attached hydrogen (secondary N) is 1. The second kappa shape index (κ2) is 6.50. The van der Waals surface area contributed by atoms with Crippen LogP contribution < -0.4 is 5.32 Å². The summed E-state index contributed by atoms with van der Waals surface area (Å²) in [6.45, 7) is 11.0. The molecular weight excluding hydrogens is 232 g/mol. The second-order valence-corrected chi connectivity index (χ2v) is 5.40. The number of carboxylic acid groups (broad SMARTS) is 1. The van der Waals surface area contributed by atoms with Crippen LogP contribution in [-0.2, 0) is 9.53 Å². The molecule has 1 heterocycles. The number of carboxylic acids is 1. The standard InChI is InChI=1S/C13H26N2O3/c1-5-14-13(4,12(16)17)8-10(2)15-6-7-18-11(3)9-15/h10-11,14H,5-9H2,1-4H3,(H,16,17). The van der Waals surface area contributed by atoms with Crippen LogP contribution in [0, 0.1) is 0 Å². The van der Waals surface area contributed by atoms with Gasteiger partial charge in [-0.15, -0.1) is 0 Å². The fourth-order valence-corrected chi connectivity index (χ4v) is 2.59. The molecule has 0 aromatic heterocycles. The van der Waals surface area contributed by atoms with Gasteiger partial charge in [0.15, 0.2) is 0 Å². The van der Waals surface area contributed by atoms with Crippen molar-refractivity contribution in [3.8, 4) is 0 Å². The summed E-state index contributed by atoms with van der Waals surface area (Å²) in [5, 5.41) is 12.4. The van der Waals surface area contributed by atoms with Gasteiger partial charge >= 0.3 is 5.97 Å². The van der Waals surface area contributed by atoms with E-state index >= 15 is 0 Å². The number of morpholine rings is 1. The molecule has 3 atom stereocenters. The van der Waals surface area contributed by atoms with Gasteiger partial charge in [0.1, 0.15) is 5.54 Å². The van der Waals surface area contributed by atoms with Crippen LogP contribution in [-0.4, -0.2) is 59.9 Å². The molecule has 0 amide bonds. The Bertz CT molecular complexity index is 285. The average Bonchev–Trinajstić information content (AvgIpc) is 2.29. The first kappa shape index (κ1) is 15.4. The van der Waals surface area contributed by atoms with Gasteiger partial charge in [0, 0.05) is 19.1 Å². The molecule has 5 heteroatoms. The van der Waals surface area contributed by atoms with E-state index in [1.54, 1.807) is 6.92 Å². The van der Waals surface area contributed by atoms with Crippen LogP contribution in [0.25, 0.3) is 0 Å². The highest BCUT2D eigenvalue weighted by atomic mass is 16.5. The van der Waals surface area contributed by atoms with E-state index in [0.717, 1.165) is 19.7 Å². The van der Waals surface area contributed by atoms with Crippen molar-refractivity contribution in [1.29, 1.82) is 0 Å². The van der Waals surface area contributed by atoms with Crippen LogP contribution in [0.5, 0.6) is 0 Å². The minimum absolute atomic E-state index is 0.233. The van der Waals surface area contributed by atoms with Gasteiger partial charge in [0.2, 0.25) is 0 Å². The van der Waals surface area contributed by atoms with Crippen LogP contribution in [0.1, 0.15) is 34.1 Å². The molecular formula is C13H26N2O3. The van der Waals surface area contributed by atoms with Crippen molar-refractivity contribution in [3.05, 3.63) is 0 Å². The first-order chi connectivity index (χ1) is 8.39. The maximum absolute atomic E-state index is 11.4. The number of carbonyl (C=O) groups is 1. The smallest absolute Gasteiger partial charge is 0.323 e. The molecule has 2 N–H and O–H groups in total. The van der Waals surface area contributed by atoms with E-state index < -0.39 is 11.5 Å². The number of rotatable bonds is 6. The minimum Gasteiger partial charge on any atom is -0.480 e. The van der Waals surface area contributed by atoms with Crippen molar-refractivity contribution in [3.63, 3.8) is 0 Å². The molecule has 0 aromatic carbocycles. The highest BCUT2D eigenvalue weighted by Gasteiger charge is 2.35. The Morgan fingerprint density at radius 1 is 1.67 bits per heavy atom. The SMILES string of the molecule is CCNC(C)(CC(C)N1CCOC(C)C1)C(=O)O. The Morgan fingerprint density at radius 3 is 2.83 bits per heavy atom. The summed E-state index contributed by atoms with van der Waals surface area (Å²) in [4.78, 5) is 13.7. The molecule has 0 aliphatic carbocycles. The highest BCUT2D eigenvalue weighted by Crippen LogP contribution is 2.19. The second-order valence-electron chi connectivity index (χ2n) is 5.40. The number of nitrogens with zero attached hydrogens (tertiary/aromatic N) is 1. The molecule has 3 unspecified atom stereocenters. The Kier molecular flexibility index (Phi) is 5.56. The van der Waals surface area contributed by atoms with Gasteiger partial charge < -0.3 is 15.2 Å². The number of aliphatic carboxylic acids is 1. The fraction of sp³-hybridized carbons (Fsp3) is 0.923. The summed E-state index contributed by atoms with van der Waals surface area (Å²) in [5.41, 5.74) is -0.851. The molecule has 5 nitrogen and oxygen atoms in total. The Labute approximate surface area is 109 Å². The van der Waals surface area contributed by atoms with Crippen molar-refractivity contribution >= 4 is 5.97 Å². The van der Waals surface area contributed by atoms with E-state index in [0.29, 0.717) is 13.0 Å². The molecule has 1 rings (SSSR count). The molecule has 0 radical (unpaired) electrons. The third-order valence-corrected chi connectivity index (χ3v) is 3.64. The zero-order valence-corrected chi connectivity index (χ0v) is 11.9. The van der Waals surface area contributed by atoms with Crippen LogP contribution in [0.3, 0.4) is 0 Å². The van der Waals surface area contributed by atoms with Crippen molar-refractivity contribution in [1.82, 2.24) is 10.2 Å². The van der Waals surface area contributed by atoms with Gasteiger partial charge in [-0.3, -0.25) is 9.69 Å².